The summed E-state index contributed by atoms with van der Waals surface area (Å²) in [5.41, 5.74) is 9.17. The highest BCUT2D eigenvalue weighted by atomic mass is 16.2. The third-order valence-electron chi connectivity index (χ3n) is 7.15. The summed E-state index contributed by atoms with van der Waals surface area (Å²) >= 11 is 0. The molecule has 1 amide bonds. The molecule has 5 nitrogen and oxygen atoms in total. The van der Waals surface area contributed by atoms with E-state index in [0.717, 1.165) is 37.1 Å². The van der Waals surface area contributed by atoms with Gasteiger partial charge in [0, 0.05) is 30.5 Å². The number of carbonyl (C=O) groups is 1. The van der Waals surface area contributed by atoms with Crippen LogP contribution in [0.1, 0.15) is 69.4 Å². The highest BCUT2D eigenvalue weighted by Crippen LogP contribution is 2.36. The first kappa shape index (κ1) is 21.8. The van der Waals surface area contributed by atoms with Crippen LogP contribution in [0.2, 0.25) is 0 Å². The molecule has 2 aliphatic heterocycles. The minimum atomic E-state index is -0.185. The smallest absolute Gasteiger partial charge is 0.234 e. The number of fused-ring (bicyclic) bond motifs is 1. The van der Waals surface area contributed by atoms with Crippen molar-refractivity contribution in [3.05, 3.63) is 53.7 Å². The Hall–Kier alpha value is -2.40. The van der Waals surface area contributed by atoms with Crippen LogP contribution in [0.3, 0.4) is 0 Å². The number of nitrogens with zero attached hydrogens (tertiary/aromatic N) is 3. The number of aromatic nitrogens is 1. The van der Waals surface area contributed by atoms with E-state index < -0.39 is 0 Å². The van der Waals surface area contributed by atoms with Gasteiger partial charge in [0.2, 0.25) is 5.91 Å². The first-order valence-corrected chi connectivity index (χ1v) is 11.9. The number of nitrogens with two attached hydrogens (primary N) is 1. The standard InChI is InChI=1S/C26H36N4O/c1-19-9-8-10-20(2)29(19)15-6-3-7-16-30-24-12-5-4-11-22(24)17-23(26(30)31)21-13-14-28-25(27)18-21/h4-5,11-14,18-20,23H,3,6-10,15-17H2,1-2H3,(H2,27,28)/t19-,20+,23?. The molecule has 4 rings (SSSR count). The summed E-state index contributed by atoms with van der Waals surface area (Å²) in [6.45, 7) is 6.68. The summed E-state index contributed by atoms with van der Waals surface area (Å²) in [5, 5.41) is 0. The lowest BCUT2D eigenvalue weighted by Gasteiger charge is -2.39. The molecule has 0 bridgehead atoms. The Morgan fingerprint density at radius 3 is 2.55 bits per heavy atom. The number of para-hydroxylation sites is 1. The van der Waals surface area contributed by atoms with Gasteiger partial charge in [-0.2, -0.15) is 0 Å². The second kappa shape index (κ2) is 9.82. The third-order valence-corrected chi connectivity index (χ3v) is 7.15. The maximum Gasteiger partial charge on any atom is 0.234 e. The number of hydrogen-bond acceptors (Lipinski definition) is 4. The zero-order valence-electron chi connectivity index (χ0n) is 19.0. The highest BCUT2D eigenvalue weighted by Gasteiger charge is 2.33. The monoisotopic (exact) mass is 420 g/mol. The lowest BCUT2D eigenvalue weighted by atomic mass is 9.86. The Balaban J connectivity index is 1.39. The van der Waals surface area contributed by atoms with Crippen LogP contribution in [0.4, 0.5) is 11.5 Å². The van der Waals surface area contributed by atoms with Gasteiger partial charge in [-0.15, -0.1) is 0 Å². The molecule has 0 radical (unpaired) electrons. The minimum absolute atomic E-state index is 0.183. The van der Waals surface area contributed by atoms with Gasteiger partial charge in [0.05, 0.1) is 5.92 Å². The van der Waals surface area contributed by atoms with Gasteiger partial charge in [-0.25, -0.2) is 4.98 Å². The zero-order chi connectivity index (χ0) is 21.8. The van der Waals surface area contributed by atoms with Gasteiger partial charge >= 0.3 is 0 Å². The number of carbonyl (C=O) groups excluding carboxylic acids is 1. The maximum atomic E-state index is 13.5. The van der Waals surface area contributed by atoms with Crippen molar-refractivity contribution in [2.45, 2.75) is 76.8 Å². The van der Waals surface area contributed by atoms with Crippen LogP contribution in [0, 0.1) is 0 Å². The number of benzene rings is 1. The van der Waals surface area contributed by atoms with E-state index in [1.165, 1.54) is 37.8 Å². The molecule has 5 heteroatoms. The second-order valence-electron chi connectivity index (χ2n) is 9.32. The summed E-state index contributed by atoms with van der Waals surface area (Å²) in [4.78, 5) is 22.2. The lowest BCUT2D eigenvalue weighted by Crippen LogP contribution is -2.44. The van der Waals surface area contributed by atoms with E-state index in [0.29, 0.717) is 17.9 Å². The fourth-order valence-corrected chi connectivity index (χ4v) is 5.39. The van der Waals surface area contributed by atoms with E-state index in [9.17, 15) is 4.79 Å². The predicted octanol–water partition coefficient (Wildman–Crippen LogP) is 4.77. The number of hydrogen-bond donors (Lipinski definition) is 1. The SMILES string of the molecule is C[C@@H]1CCC[C@H](C)N1CCCCCN1C(=O)C(c2ccnc(N)c2)Cc2ccccc21. The Morgan fingerprint density at radius 1 is 1.03 bits per heavy atom. The number of rotatable bonds is 7. The van der Waals surface area contributed by atoms with Crippen molar-refractivity contribution >= 4 is 17.4 Å². The quantitative estimate of drug-likeness (QED) is 0.656. The maximum absolute atomic E-state index is 13.5. The van der Waals surface area contributed by atoms with Gasteiger partial charge in [0.25, 0.3) is 0 Å². The molecule has 0 aliphatic carbocycles. The molecule has 1 saturated heterocycles. The molecule has 0 spiro atoms. The van der Waals surface area contributed by atoms with E-state index in [4.69, 9.17) is 5.73 Å². The number of likely N-dealkylation sites (tertiary alicyclic amines) is 1. The lowest BCUT2D eigenvalue weighted by molar-refractivity contribution is -0.120. The molecule has 31 heavy (non-hydrogen) atoms. The largest absolute Gasteiger partial charge is 0.384 e. The van der Waals surface area contributed by atoms with Crippen molar-refractivity contribution in [3.63, 3.8) is 0 Å². The molecular formula is C26H36N4O. The van der Waals surface area contributed by atoms with E-state index in [-0.39, 0.29) is 11.8 Å². The number of pyridine rings is 1. The average molecular weight is 421 g/mol. The average Bonchev–Trinajstić information content (AvgIpc) is 2.76. The van der Waals surface area contributed by atoms with Gasteiger partial charge < -0.3 is 10.6 Å². The van der Waals surface area contributed by atoms with Crippen LogP contribution in [0.15, 0.2) is 42.6 Å². The van der Waals surface area contributed by atoms with Crippen molar-refractivity contribution in [3.8, 4) is 0 Å². The molecule has 2 aromatic rings. The first-order valence-electron chi connectivity index (χ1n) is 11.9. The van der Waals surface area contributed by atoms with Crippen molar-refractivity contribution in [2.75, 3.05) is 23.7 Å². The molecule has 1 aromatic heterocycles. The molecule has 1 fully saturated rings. The summed E-state index contributed by atoms with van der Waals surface area (Å²) in [6, 6.07) is 13.5. The van der Waals surface area contributed by atoms with Crippen LogP contribution < -0.4 is 10.6 Å². The van der Waals surface area contributed by atoms with Crippen molar-refractivity contribution in [1.29, 1.82) is 0 Å². The summed E-state index contributed by atoms with van der Waals surface area (Å²) in [6.07, 6.45) is 9.80. The molecule has 3 heterocycles. The van der Waals surface area contributed by atoms with E-state index in [2.05, 4.69) is 41.9 Å². The normalized spacial score (nSPS) is 24.3. The van der Waals surface area contributed by atoms with Gasteiger partial charge in [0.1, 0.15) is 5.82 Å². The Morgan fingerprint density at radius 2 is 1.77 bits per heavy atom. The fraction of sp³-hybridized carbons (Fsp3) is 0.538. The fourth-order valence-electron chi connectivity index (χ4n) is 5.39. The molecule has 166 valence electrons. The molecule has 0 saturated carbocycles. The summed E-state index contributed by atoms with van der Waals surface area (Å²) in [5.74, 6) is 0.467. The minimum Gasteiger partial charge on any atom is -0.384 e. The third kappa shape index (κ3) is 4.93. The zero-order valence-corrected chi connectivity index (χ0v) is 19.0. The topological polar surface area (TPSA) is 62.5 Å². The van der Waals surface area contributed by atoms with E-state index >= 15 is 0 Å². The molecule has 2 N–H and O–H groups in total. The summed E-state index contributed by atoms with van der Waals surface area (Å²) in [7, 11) is 0. The first-order chi connectivity index (χ1) is 15.0. The van der Waals surface area contributed by atoms with Crippen LogP contribution in [-0.4, -0.2) is 41.0 Å². The van der Waals surface area contributed by atoms with Gasteiger partial charge in [0.15, 0.2) is 0 Å². The van der Waals surface area contributed by atoms with E-state index in [1.807, 2.05) is 23.1 Å². The van der Waals surface area contributed by atoms with Gasteiger partial charge in [-0.3, -0.25) is 9.69 Å². The Bertz CT molecular complexity index is 888. The number of nitrogen functional groups attached to an aromatic ring is 1. The molecule has 1 aromatic carbocycles. The number of piperidine rings is 1. The number of amides is 1. The van der Waals surface area contributed by atoms with Crippen molar-refractivity contribution in [2.24, 2.45) is 0 Å². The van der Waals surface area contributed by atoms with Crippen LogP contribution in [0.25, 0.3) is 0 Å². The van der Waals surface area contributed by atoms with Crippen molar-refractivity contribution < 1.29 is 4.79 Å². The Kier molecular flexibility index (Phi) is 6.91. The van der Waals surface area contributed by atoms with Gasteiger partial charge in [-0.1, -0.05) is 31.0 Å². The van der Waals surface area contributed by atoms with Gasteiger partial charge in [-0.05, 0) is 81.8 Å². The van der Waals surface area contributed by atoms with Crippen LogP contribution in [-0.2, 0) is 11.2 Å². The summed E-state index contributed by atoms with van der Waals surface area (Å²) < 4.78 is 0. The number of anilines is 2. The Labute approximate surface area is 186 Å². The predicted molar refractivity (Wildman–Crippen MR) is 127 cm³/mol. The van der Waals surface area contributed by atoms with Crippen LogP contribution >= 0.6 is 0 Å². The molecule has 2 aliphatic rings. The number of unbranched alkanes of at least 4 members (excludes halogenated alkanes) is 2. The highest BCUT2D eigenvalue weighted by molar-refractivity contribution is 6.01. The second-order valence-corrected chi connectivity index (χ2v) is 9.32. The molecular weight excluding hydrogens is 384 g/mol. The van der Waals surface area contributed by atoms with Crippen molar-refractivity contribution in [1.82, 2.24) is 9.88 Å². The molecule has 3 atom stereocenters. The molecule has 1 unspecified atom stereocenters. The van der Waals surface area contributed by atoms with Crippen LogP contribution in [0.5, 0.6) is 0 Å². The van der Waals surface area contributed by atoms with E-state index in [1.54, 1.807) is 6.20 Å².